The third kappa shape index (κ3) is 2.80. The molecule has 7 heteroatoms. The number of benzene rings is 1. The van der Waals surface area contributed by atoms with Crippen molar-refractivity contribution in [3.63, 3.8) is 0 Å². The minimum absolute atomic E-state index is 0.122. The lowest BCUT2D eigenvalue weighted by molar-refractivity contribution is 0.113. The van der Waals surface area contributed by atoms with Crippen LogP contribution in [0.3, 0.4) is 0 Å². The first-order valence-electron chi connectivity index (χ1n) is 6.35. The fourth-order valence-electron chi connectivity index (χ4n) is 2.34. The second kappa shape index (κ2) is 5.69. The second-order valence-corrected chi connectivity index (χ2v) is 7.03. The van der Waals surface area contributed by atoms with E-state index < -0.39 is 16.1 Å². The van der Waals surface area contributed by atoms with E-state index in [2.05, 4.69) is 0 Å². The molecular formula is C13H20N2O4S. The standard InChI is InChI=1S/C13H20N2O4S/c1-14(2)12-8-15(9-13(12)16)20(17,18)11-6-4-10(19-3)5-7-11/h4-7,12-13,16H,8-9H2,1-3H3/t12-,13-/m0/s1. The van der Waals surface area contributed by atoms with E-state index in [1.54, 1.807) is 12.1 Å². The van der Waals surface area contributed by atoms with Crippen molar-refractivity contribution in [1.29, 1.82) is 0 Å². The fraction of sp³-hybridized carbons (Fsp3) is 0.538. The summed E-state index contributed by atoms with van der Waals surface area (Å²) < 4.78 is 31.3. The lowest BCUT2D eigenvalue weighted by Crippen LogP contribution is -2.38. The summed E-state index contributed by atoms with van der Waals surface area (Å²) in [5.41, 5.74) is 0. The molecule has 1 saturated heterocycles. The summed E-state index contributed by atoms with van der Waals surface area (Å²) in [6.45, 7) is 0.416. The van der Waals surface area contributed by atoms with Crippen LogP contribution >= 0.6 is 0 Å². The van der Waals surface area contributed by atoms with Crippen LogP contribution in [0, 0.1) is 0 Å². The lowest BCUT2D eigenvalue weighted by Gasteiger charge is -2.21. The first kappa shape index (κ1) is 15.2. The van der Waals surface area contributed by atoms with Crippen molar-refractivity contribution in [2.24, 2.45) is 0 Å². The van der Waals surface area contributed by atoms with Crippen LogP contribution in [-0.4, -0.2) is 69.2 Å². The second-order valence-electron chi connectivity index (χ2n) is 5.10. The van der Waals surface area contributed by atoms with E-state index >= 15 is 0 Å². The Labute approximate surface area is 119 Å². The molecule has 0 unspecified atom stereocenters. The van der Waals surface area contributed by atoms with Crippen molar-refractivity contribution in [2.45, 2.75) is 17.0 Å². The number of likely N-dealkylation sites (N-methyl/N-ethyl adjacent to an activating group) is 1. The van der Waals surface area contributed by atoms with E-state index in [1.165, 1.54) is 23.5 Å². The van der Waals surface area contributed by atoms with Gasteiger partial charge in [0.05, 0.1) is 24.2 Å². The fourth-order valence-corrected chi connectivity index (χ4v) is 3.81. The van der Waals surface area contributed by atoms with Gasteiger partial charge in [-0.15, -0.1) is 0 Å². The van der Waals surface area contributed by atoms with Gasteiger partial charge in [-0.25, -0.2) is 8.42 Å². The van der Waals surface area contributed by atoms with Gasteiger partial charge in [0.1, 0.15) is 5.75 Å². The number of rotatable bonds is 4. The molecule has 1 heterocycles. The van der Waals surface area contributed by atoms with Gasteiger partial charge in [0.2, 0.25) is 10.0 Å². The van der Waals surface area contributed by atoms with E-state index in [1.807, 2.05) is 19.0 Å². The Hall–Kier alpha value is -1.15. The topological polar surface area (TPSA) is 70.1 Å². The largest absolute Gasteiger partial charge is 0.497 e. The molecule has 0 spiro atoms. The number of β-amino-alcohol motifs (C(OH)–C–C–N with tert-alkyl or cyclic N) is 1. The van der Waals surface area contributed by atoms with Gasteiger partial charge in [-0.1, -0.05) is 0 Å². The highest BCUT2D eigenvalue weighted by Gasteiger charge is 2.39. The molecule has 0 aromatic heterocycles. The molecule has 0 amide bonds. The van der Waals surface area contributed by atoms with Crippen molar-refractivity contribution >= 4 is 10.0 Å². The van der Waals surface area contributed by atoms with E-state index in [0.717, 1.165) is 0 Å². The Balaban J connectivity index is 2.22. The van der Waals surface area contributed by atoms with Crippen LogP contribution in [-0.2, 0) is 10.0 Å². The Morgan fingerprint density at radius 2 is 1.85 bits per heavy atom. The molecule has 0 bridgehead atoms. The molecule has 2 rings (SSSR count). The number of hydrogen-bond donors (Lipinski definition) is 1. The molecular weight excluding hydrogens is 280 g/mol. The predicted octanol–water partition coefficient (Wildman–Crippen LogP) is -0.00940. The zero-order chi connectivity index (χ0) is 14.9. The Morgan fingerprint density at radius 1 is 1.25 bits per heavy atom. The van der Waals surface area contributed by atoms with Crippen molar-refractivity contribution < 1.29 is 18.3 Å². The van der Waals surface area contributed by atoms with Gasteiger partial charge in [0.25, 0.3) is 0 Å². The van der Waals surface area contributed by atoms with Crippen molar-refractivity contribution in [2.75, 3.05) is 34.3 Å². The lowest BCUT2D eigenvalue weighted by atomic mass is 10.2. The molecule has 6 nitrogen and oxygen atoms in total. The summed E-state index contributed by atoms with van der Waals surface area (Å²) in [7, 11) is 1.62. The van der Waals surface area contributed by atoms with Gasteiger partial charge in [-0.2, -0.15) is 4.31 Å². The molecule has 0 saturated carbocycles. The number of methoxy groups -OCH3 is 1. The maximum absolute atomic E-state index is 12.5. The average molecular weight is 300 g/mol. The van der Waals surface area contributed by atoms with E-state index in [9.17, 15) is 13.5 Å². The molecule has 1 aromatic carbocycles. The summed E-state index contributed by atoms with van der Waals surface area (Å²) in [5, 5.41) is 9.95. The van der Waals surface area contributed by atoms with Gasteiger partial charge >= 0.3 is 0 Å². The number of aliphatic hydroxyl groups excluding tert-OH is 1. The number of sulfonamides is 1. The van der Waals surface area contributed by atoms with Crippen molar-refractivity contribution in [3.8, 4) is 5.75 Å². The number of nitrogens with zero attached hydrogens (tertiary/aromatic N) is 2. The SMILES string of the molecule is COc1ccc(S(=O)(=O)N2C[C@H](O)[C@@H](N(C)C)C2)cc1. The molecule has 112 valence electrons. The summed E-state index contributed by atoms with van der Waals surface area (Å²) in [6.07, 6.45) is -0.668. The van der Waals surface area contributed by atoms with E-state index in [-0.39, 0.29) is 17.5 Å². The van der Waals surface area contributed by atoms with Crippen LogP contribution < -0.4 is 4.74 Å². The molecule has 1 N–H and O–H groups in total. The third-order valence-electron chi connectivity index (χ3n) is 3.59. The third-order valence-corrected chi connectivity index (χ3v) is 5.43. The van der Waals surface area contributed by atoms with Crippen LogP contribution in [0.25, 0.3) is 0 Å². The molecule has 0 aliphatic carbocycles. The molecule has 20 heavy (non-hydrogen) atoms. The van der Waals surface area contributed by atoms with Crippen molar-refractivity contribution in [1.82, 2.24) is 9.21 Å². The number of hydrogen-bond acceptors (Lipinski definition) is 5. The molecule has 2 atom stereocenters. The molecule has 1 aliphatic rings. The zero-order valence-electron chi connectivity index (χ0n) is 11.9. The molecule has 0 radical (unpaired) electrons. The first-order chi connectivity index (χ1) is 9.36. The highest BCUT2D eigenvalue weighted by Crippen LogP contribution is 2.24. The van der Waals surface area contributed by atoms with Crippen LogP contribution in [0.5, 0.6) is 5.75 Å². The smallest absolute Gasteiger partial charge is 0.243 e. The molecule has 1 aliphatic heterocycles. The minimum Gasteiger partial charge on any atom is -0.497 e. The summed E-state index contributed by atoms with van der Waals surface area (Å²) in [5.74, 6) is 0.608. The summed E-state index contributed by atoms with van der Waals surface area (Å²) in [4.78, 5) is 2.05. The Morgan fingerprint density at radius 3 is 2.30 bits per heavy atom. The van der Waals surface area contributed by atoms with E-state index in [0.29, 0.717) is 12.3 Å². The predicted molar refractivity (Wildman–Crippen MR) is 75.2 cm³/mol. The first-order valence-corrected chi connectivity index (χ1v) is 7.79. The summed E-state index contributed by atoms with van der Waals surface area (Å²) in [6, 6.07) is 6.08. The van der Waals surface area contributed by atoms with E-state index in [4.69, 9.17) is 4.74 Å². The zero-order valence-corrected chi connectivity index (χ0v) is 12.7. The normalized spacial score (nSPS) is 24.2. The maximum Gasteiger partial charge on any atom is 0.243 e. The van der Waals surface area contributed by atoms with Gasteiger partial charge in [0.15, 0.2) is 0 Å². The van der Waals surface area contributed by atoms with Gasteiger partial charge < -0.3 is 14.7 Å². The number of aliphatic hydroxyl groups is 1. The van der Waals surface area contributed by atoms with Gasteiger partial charge in [-0.05, 0) is 38.4 Å². The maximum atomic E-state index is 12.5. The van der Waals surface area contributed by atoms with Crippen molar-refractivity contribution in [3.05, 3.63) is 24.3 Å². The van der Waals surface area contributed by atoms with Crippen LogP contribution in [0.4, 0.5) is 0 Å². The Bertz CT molecular complexity index is 556. The highest BCUT2D eigenvalue weighted by atomic mass is 32.2. The quantitative estimate of drug-likeness (QED) is 0.847. The van der Waals surface area contributed by atoms with Gasteiger partial charge in [0, 0.05) is 13.1 Å². The summed E-state index contributed by atoms with van der Waals surface area (Å²) >= 11 is 0. The monoisotopic (exact) mass is 300 g/mol. The molecule has 1 aromatic rings. The number of ether oxygens (including phenoxy) is 1. The minimum atomic E-state index is -3.57. The Kier molecular flexibility index (Phi) is 4.33. The van der Waals surface area contributed by atoms with Crippen LogP contribution in [0.2, 0.25) is 0 Å². The molecule has 1 fully saturated rings. The average Bonchev–Trinajstić information content (AvgIpc) is 2.82. The van der Waals surface area contributed by atoms with Gasteiger partial charge in [-0.3, -0.25) is 0 Å². The van der Waals surface area contributed by atoms with Crippen LogP contribution in [0.15, 0.2) is 29.2 Å². The van der Waals surface area contributed by atoms with Crippen LogP contribution in [0.1, 0.15) is 0 Å². The highest BCUT2D eigenvalue weighted by molar-refractivity contribution is 7.89.